The van der Waals surface area contributed by atoms with E-state index in [1.165, 1.54) is 0 Å². The van der Waals surface area contributed by atoms with Gasteiger partial charge in [-0.3, -0.25) is 0 Å². The van der Waals surface area contributed by atoms with Crippen molar-refractivity contribution in [3.05, 3.63) is 60.2 Å². The molecule has 0 bridgehead atoms. The lowest BCUT2D eigenvalue weighted by Crippen LogP contribution is -2.30. The third-order valence-corrected chi connectivity index (χ3v) is 3.27. The van der Waals surface area contributed by atoms with E-state index in [9.17, 15) is 0 Å². The number of ether oxygens (including phenoxy) is 1. The van der Waals surface area contributed by atoms with E-state index < -0.39 is 0 Å². The Bertz CT molecular complexity index is 572. The minimum absolute atomic E-state index is 0.562. The van der Waals surface area contributed by atoms with Gasteiger partial charge in [0, 0.05) is 12.2 Å². The quantitative estimate of drug-likeness (QED) is 0.542. The molecule has 0 aliphatic rings. The number of hydrogen-bond donors (Lipinski definition) is 3. The first-order valence-electron chi connectivity index (χ1n) is 7.29. The Labute approximate surface area is 136 Å². The molecule has 4 nitrogen and oxygen atoms in total. The molecular formula is C17H21N3OS. The Balaban J connectivity index is 1.79. The number of thiocarbonyl (C=S) groups is 1. The van der Waals surface area contributed by atoms with Crippen LogP contribution in [-0.2, 0) is 6.61 Å². The molecule has 0 atom stereocenters. The summed E-state index contributed by atoms with van der Waals surface area (Å²) >= 11 is 5.20. The monoisotopic (exact) mass is 315 g/mol. The minimum Gasteiger partial charge on any atom is -0.489 e. The molecule has 0 heterocycles. The van der Waals surface area contributed by atoms with Gasteiger partial charge in [-0.1, -0.05) is 30.3 Å². The van der Waals surface area contributed by atoms with E-state index in [0.717, 1.165) is 30.0 Å². The molecule has 0 amide bonds. The molecule has 0 saturated carbocycles. The number of nitrogens with one attached hydrogen (secondary N) is 2. The summed E-state index contributed by atoms with van der Waals surface area (Å²) in [4.78, 5) is 0. The Hall–Kier alpha value is -2.11. The predicted octanol–water partition coefficient (Wildman–Crippen LogP) is 2.90. The van der Waals surface area contributed by atoms with Gasteiger partial charge in [-0.25, -0.2) is 0 Å². The van der Waals surface area contributed by atoms with Crippen molar-refractivity contribution in [2.45, 2.75) is 13.0 Å². The van der Waals surface area contributed by atoms with Crippen LogP contribution < -0.4 is 21.1 Å². The van der Waals surface area contributed by atoms with Gasteiger partial charge >= 0.3 is 0 Å². The largest absolute Gasteiger partial charge is 0.489 e. The molecule has 116 valence electrons. The van der Waals surface area contributed by atoms with E-state index in [1.807, 2.05) is 54.6 Å². The lowest BCUT2D eigenvalue weighted by molar-refractivity contribution is 0.306. The number of anilines is 1. The minimum atomic E-state index is 0.562. The van der Waals surface area contributed by atoms with Crippen LogP contribution in [0.25, 0.3) is 0 Å². The zero-order valence-electron chi connectivity index (χ0n) is 12.4. The lowest BCUT2D eigenvalue weighted by atomic mass is 10.2. The van der Waals surface area contributed by atoms with Gasteiger partial charge in [0.05, 0.1) is 0 Å². The van der Waals surface area contributed by atoms with Gasteiger partial charge in [-0.15, -0.1) is 0 Å². The first-order valence-corrected chi connectivity index (χ1v) is 7.70. The molecular weight excluding hydrogens is 294 g/mol. The maximum Gasteiger partial charge on any atom is 0.170 e. The highest BCUT2D eigenvalue weighted by Gasteiger charge is 1.99. The van der Waals surface area contributed by atoms with Crippen LogP contribution in [-0.4, -0.2) is 18.2 Å². The van der Waals surface area contributed by atoms with Crippen molar-refractivity contribution in [3.8, 4) is 5.75 Å². The van der Waals surface area contributed by atoms with E-state index in [-0.39, 0.29) is 0 Å². The molecule has 0 aliphatic carbocycles. The molecule has 5 heteroatoms. The van der Waals surface area contributed by atoms with E-state index >= 15 is 0 Å². The number of nitrogens with two attached hydrogens (primary N) is 1. The Morgan fingerprint density at radius 2 is 1.77 bits per heavy atom. The number of benzene rings is 2. The highest BCUT2D eigenvalue weighted by Crippen LogP contribution is 2.17. The van der Waals surface area contributed by atoms with Crippen LogP contribution in [0.1, 0.15) is 12.0 Å². The second kappa shape index (κ2) is 9.02. The summed E-state index contributed by atoms with van der Waals surface area (Å²) in [7, 11) is 0. The van der Waals surface area contributed by atoms with Crippen LogP contribution in [0.4, 0.5) is 5.69 Å². The summed E-state index contributed by atoms with van der Waals surface area (Å²) < 4.78 is 5.74. The summed E-state index contributed by atoms with van der Waals surface area (Å²) in [5, 5.41) is 6.83. The second-order valence-corrected chi connectivity index (χ2v) is 5.23. The fourth-order valence-corrected chi connectivity index (χ4v) is 2.07. The molecule has 0 aromatic heterocycles. The zero-order chi connectivity index (χ0) is 15.6. The van der Waals surface area contributed by atoms with Crippen LogP contribution >= 0.6 is 12.2 Å². The third-order valence-electron chi connectivity index (χ3n) is 3.03. The smallest absolute Gasteiger partial charge is 0.170 e. The zero-order valence-corrected chi connectivity index (χ0v) is 13.2. The van der Waals surface area contributed by atoms with Crippen LogP contribution in [0.2, 0.25) is 0 Å². The van der Waals surface area contributed by atoms with Crippen molar-refractivity contribution in [2.24, 2.45) is 5.73 Å². The molecule has 22 heavy (non-hydrogen) atoms. The first-order chi connectivity index (χ1) is 10.8. The predicted molar refractivity (Wildman–Crippen MR) is 95.1 cm³/mol. The van der Waals surface area contributed by atoms with E-state index in [2.05, 4.69) is 10.6 Å². The average Bonchev–Trinajstić information content (AvgIpc) is 2.55. The summed E-state index contributed by atoms with van der Waals surface area (Å²) in [5.74, 6) is 0.830. The Kier molecular flexibility index (Phi) is 6.67. The molecule has 0 unspecified atom stereocenters. The molecule has 0 radical (unpaired) electrons. The number of rotatable bonds is 7. The van der Waals surface area contributed by atoms with Crippen molar-refractivity contribution in [1.29, 1.82) is 0 Å². The van der Waals surface area contributed by atoms with Gasteiger partial charge in [-0.2, -0.15) is 0 Å². The standard InChI is InChI=1S/C17H21N3OS/c18-11-4-12-19-17(22)20-15-7-9-16(10-8-15)21-13-14-5-2-1-3-6-14/h1-3,5-10H,4,11-13,18H2,(H2,19,20,22). The third kappa shape index (κ3) is 5.71. The lowest BCUT2D eigenvalue weighted by Gasteiger charge is -2.11. The summed E-state index contributed by atoms with van der Waals surface area (Å²) in [5.41, 5.74) is 7.51. The SMILES string of the molecule is NCCCNC(=S)Nc1ccc(OCc2ccccc2)cc1. The van der Waals surface area contributed by atoms with Crippen molar-refractivity contribution in [1.82, 2.24) is 5.32 Å². The highest BCUT2D eigenvalue weighted by atomic mass is 32.1. The molecule has 0 saturated heterocycles. The highest BCUT2D eigenvalue weighted by molar-refractivity contribution is 7.80. The van der Waals surface area contributed by atoms with Gasteiger partial charge < -0.3 is 21.1 Å². The molecule has 0 spiro atoms. The summed E-state index contributed by atoms with van der Waals surface area (Å²) in [6, 6.07) is 17.8. The second-order valence-electron chi connectivity index (χ2n) is 4.82. The van der Waals surface area contributed by atoms with Crippen molar-refractivity contribution in [2.75, 3.05) is 18.4 Å². The molecule has 4 N–H and O–H groups in total. The maximum absolute atomic E-state index is 5.74. The van der Waals surface area contributed by atoms with Crippen LogP contribution in [0.15, 0.2) is 54.6 Å². The van der Waals surface area contributed by atoms with Crippen LogP contribution in [0, 0.1) is 0 Å². The van der Waals surface area contributed by atoms with Gasteiger partial charge in [0.25, 0.3) is 0 Å². The fraction of sp³-hybridized carbons (Fsp3) is 0.235. The molecule has 2 aromatic carbocycles. The topological polar surface area (TPSA) is 59.3 Å². The van der Waals surface area contributed by atoms with Gasteiger partial charge in [0.2, 0.25) is 0 Å². The van der Waals surface area contributed by atoms with E-state index in [1.54, 1.807) is 0 Å². The Morgan fingerprint density at radius 1 is 1.05 bits per heavy atom. The van der Waals surface area contributed by atoms with E-state index in [4.69, 9.17) is 22.7 Å². The van der Waals surface area contributed by atoms with Crippen molar-refractivity contribution >= 4 is 23.0 Å². The van der Waals surface area contributed by atoms with Crippen LogP contribution in [0.3, 0.4) is 0 Å². The maximum atomic E-state index is 5.74. The van der Waals surface area contributed by atoms with Gasteiger partial charge in [0.15, 0.2) is 5.11 Å². The van der Waals surface area contributed by atoms with Crippen molar-refractivity contribution in [3.63, 3.8) is 0 Å². The van der Waals surface area contributed by atoms with Gasteiger partial charge in [-0.05, 0) is 55.0 Å². The van der Waals surface area contributed by atoms with Crippen molar-refractivity contribution < 1.29 is 4.74 Å². The van der Waals surface area contributed by atoms with Gasteiger partial charge in [0.1, 0.15) is 12.4 Å². The Morgan fingerprint density at radius 3 is 2.45 bits per heavy atom. The molecule has 0 aliphatic heterocycles. The summed E-state index contributed by atoms with van der Waals surface area (Å²) in [6.45, 7) is 2.00. The fourth-order valence-electron chi connectivity index (χ4n) is 1.85. The molecule has 2 rings (SSSR count). The first kappa shape index (κ1) is 16.3. The van der Waals surface area contributed by atoms with Crippen LogP contribution in [0.5, 0.6) is 5.75 Å². The molecule has 0 fully saturated rings. The normalized spacial score (nSPS) is 10.0. The summed E-state index contributed by atoms with van der Waals surface area (Å²) in [6.07, 6.45) is 0.897. The van der Waals surface area contributed by atoms with E-state index in [0.29, 0.717) is 18.3 Å². The number of hydrogen-bond acceptors (Lipinski definition) is 3. The molecule has 2 aromatic rings. The average molecular weight is 315 g/mol.